The molecule has 5 rings (SSSR count). The molecule has 0 aromatic heterocycles. The third kappa shape index (κ3) is 5.31. The van der Waals surface area contributed by atoms with Crippen molar-refractivity contribution in [2.75, 3.05) is 12.5 Å². The molecule has 0 saturated carbocycles. The van der Waals surface area contributed by atoms with Gasteiger partial charge in [0.25, 0.3) is 0 Å². The van der Waals surface area contributed by atoms with Crippen LogP contribution in [-0.2, 0) is 15.6 Å². The minimum absolute atomic E-state index is 0.0199. The van der Waals surface area contributed by atoms with E-state index in [9.17, 15) is 52.7 Å². The monoisotopic (exact) mass is 817 g/mol. The summed E-state index contributed by atoms with van der Waals surface area (Å²) in [6, 6.07) is 0.282. The molecule has 0 unspecified atom stereocenters. The molecule has 0 saturated heterocycles. The van der Waals surface area contributed by atoms with Crippen LogP contribution in [0, 0.1) is 116 Å². The topological polar surface area (TPSA) is 0 Å². The van der Waals surface area contributed by atoms with Crippen molar-refractivity contribution in [3.8, 4) is 22.3 Å². The minimum Gasteiger partial charge on any atom is -0.203 e. The second-order valence-electron chi connectivity index (χ2n) is 11.0. The van der Waals surface area contributed by atoms with Crippen LogP contribution < -0.4 is 0 Å². The van der Waals surface area contributed by atoms with E-state index < -0.39 is 171 Å². The third-order valence-electron chi connectivity index (χ3n) is 8.12. The molecular formula is C33H9F20S+. The zero-order valence-corrected chi connectivity index (χ0v) is 26.5. The van der Waals surface area contributed by atoms with Crippen LogP contribution in [0.15, 0.2) is 18.2 Å². The normalized spacial score (nSPS) is 12.1. The van der Waals surface area contributed by atoms with Gasteiger partial charge in [-0.1, -0.05) is 18.2 Å². The van der Waals surface area contributed by atoms with Gasteiger partial charge in [0, 0.05) is 22.0 Å². The second kappa shape index (κ2) is 13.7. The van der Waals surface area contributed by atoms with Crippen LogP contribution in [-0.4, -0.2) is 12.5 Å². The predicted octanol–water partition coefficient (Wildman–Crippen LogP) is 11.0. The Balaban J connectivity index is 2.30. The first-order valence-electron chi connectivity index (χ1n) is 13.8. The maximum Gasteiger partial charge on any atom is 0.215 e. The van der Waals surface area contributed by atoms with Crippen molar-refractivity contribution in [3.05, 3.63) is 151 Å². The van der Waals surface area contributed by atoms with Crippen molar-refractivity contribution < 1.29 is 87.8 Å². The molecule has 0 N–H and O–H groups in total. The number of hydrogen-bond donors (Lipinski definition) is 0. The molecule has 0 atom stereocenters. The molecule has 21 heteroatoms. The molecule has 0 radical (unpaired) electrons. The Kier molecular flexibility index (Phi) is 10.2. The van der Waals surface area contributed by atoms with Crippen LogP contribution in [0.1, 0.15) is 16.7 Å². The van der Waals surface area contributed by atoms with E-state index in [1.807, 2.05) is 0 Å². The molecule has 5 aromatic rings. The van der Waals surface area contributed by atoms with Gasteiger partial charge in [0.05, 0.1) is 34.8 Å². The van der Waals surface area contributed by atoms with Gasteiger partial charge in [0.1, 0.15) is 0 Å². The molecule has 0 aliphatic heterocycles. The van der Waals surface area contributed by atoms with Crippen LogP contribution in [0.3, 0.4) is 0 Å². The lowest BCUT2D eigenvalue weighted by Gasteiger charge is -2.35. The highest BCUT2D eigenvalue weighted by Gasteiger charge is 2.59. The molecular weight excluding hydrogens is 808 g/mol. The number of halogens is 20. The van der Waals surface area contributed by atoms with Gasteiger partial charge in [-0.25, -0.2) is 87.8 Å². The number of benzene rings is 5. The van der Waals surface area contributed by atoms with E-state index in [1.54, 1.807) is 0 Å². The third-order valence-corrected chi connectivity index (χ3v) is 9.97. The summed E-state index contributed by atoms with van der Waals surface area (Å²) in [4.78, 5) is 0. The van der Waals surface area contributed by atoms with E-state index in [0.717, 1.165) is 0 Å². The summed E-state index contributed by atoms with van der Waals surface area (Å²) in [6.07, 6.45) is 0.951. The van der Waals surface area contributed by atoms with Crippen LogP contribution >= 0.6 is 0 Å². The molecule has 286 valence electrons. The van der Waals surface area contributed by atoms with Crippen molar-refractivity contribution in [2.24, 2.45) is 0 Å². The lowest BCUT2D eigenvalue weighted by molar-refractivity contribution is 0.353. The predicted molar refractivity (Wildman–Crippen MR) is 148 cm³/mol. The molecule has 54 heavy (non-hydrogen) atoms. The molecule has 0 fully saturated rings. The Morgan fingerprint density at radius 2 is 0.574 bits per heavy atom. The van der Waals surface area contributed by atoms with Gasteiger partial charge >= 0.3 is 0 Å². The number of hydrogen-bond acceptors (Lipinski definition) is 0. The van der Waals surface area contributed by atoms with Crippen molar-refractivity contribution in [1.82, 2.24) is 0 Å². The van der Waals surface area contributed by atoms with Crippen LogP contribution in [0.2, 0.25) is 0 Å². The fraction of sp³-hybridized carbons (Fsp3) is 0.0909. The van der Waals surface area contributed by atoms with Crippen molar-refractivity contribution in [1.29, 1.82) is 0 Å². The standard InChI is InChI=1S/C33H9F20S/c1-54(2)33(11-17(38)25(46)31(52)26(47)18(11)39,12-19(40)27(48)32(53)28(49)20(12)41)7-5-3-4-6(9-13(34)21(42)29(50)22(43)14(9)35)8(7)10-15(36)23(44)30(51)24(45)16(10)37/h3-5H,1-2H3/q+1. The quantitative estimate of drug-likeness (QED) is 0.0527. The molecule has 0 bridgehead atoms. The van der Waals surface area contributed by atoms with Crippen LogP contribution in [0.5, 0.6) is 0 Å². The van der Waals surface area contributed by atoms with Gasteiger partial charge in [-0.3, -0.25) is 0 Å². The fourth-order valence-corrected chi connectivity index (χ4v) is 7.62. The maximum absolute atomic E-state index is 15.9. The summed E-state index contributed by atoms with van der Waals surface area (Å²) in [5, 5.41) is 0. The largest absolute Gasteiger partial charge is 0.215 e. The summed E-state index contributed by atoms with van der Waals surface area (Å²) in [5.41, 5.74) is -16.6. The van der Waals surface area contributed by atoms with E-state index in [2.05, 4.69) is 0 Å². The first-order chi connectivity index (χ1) is 25.0. The Morgan fingerprint density at radius 3 is 0.870 bits per heavy atom. The Hall–Kier alpha value is -4.95. The summed E-state index contributed by atoms with van der Waals surface area (Å²) in [6.45, 7) is 0. The van der Waals surface area contributed by atoms with E-state index >= 15 is 35.1 Å². The van der Waals surface area contributed by atoms with Gasteiger partial charge in [-0.15, -0.1) is 0 Å². The van der Waals surface area contributed by atoms with Gasteiger partial charge < -0.3 is 0 Å². The second-order valence-corrected chi connectivity index (χ2v) is 13.3. The molecule has 5 aromatic carbocycles. The molecule has 0 nitrogen and oxygen atoms in total. The van der Waals surface area contributed by atoms with Crippen molar-refractivity contribution in [2.45, 2.75) is 4.75 Å². The van der Waals surface area contributed by atoms with Gasteiger partial charge in [0.2, 0.25) is 28.0 Å². The average molecular weight is 817 g/mol. The number of rotatable bonds is 6. The summed E-state index contributed by atoms with van der Waals surface area (Å²) >= 11 is 0. The Morgan fingerprint density at radius 1 is 0.315 bits per heavy atom. The summed E-state index contributed by atoms with van der Waals surface area (Å²) < 4.78 is 297. The van der Waals surface area contributed by atoms with E-state index in [4.69, 9.17) is 0 Å². The Labute approximate surface area is 289 Å². The average Bonchev–Trinajstić information content (AvgIpc) is 3.14. The highest BCUT2D eigenvalue weighted by Crippen LogP contribution is 2.55. The van der Waals surface area contributed by atoms with Crippen LogP contribution in [0.25, 0.3) is 22.3 Å². The molecule has 0 heterocycles. The van der Waals surface area contributed by atoms with Gasteiger partial charge in [0.15, 0.2) is 93.1 Å². The fourth-order valence-electron chi connectivity index (χ4n) is 5.84. The first kappa shape index (κ1) is 40.2. The first-order valence-corrected chi connectivity index (χ1v) is 15.8. The molecule has 0 aliphatic rings. The molecule has 0 aliphatic carbocycles. The maximum atomic E-state index is 15.9. The van der Waals surface area contributed by atoms with Crippen LogP contribution in [0.4, 0.5) is 87.8 Å². The highest BCUT2D eigenvalue weighted by molar-refractivity contribution is 7.96. The Bertz CT molecular complexity index is 2250. The van der Waals surface area contributed by atoms with Gasteiger partial charge in [-0.05, 0) is 5.56 Å². The van der Waals surface area contributed by atoms with E-state index in [0.29, 0.717) is 12.5 Å². The minimum atomic E-state index is -4.40. The summed E-state index contributed by atoms with van der Waals surface area (Å²) in [5.74, 6) is -60.9. The van der Waals surface area contributed by atoms with Crippen molar-refractivity contribution >= 4 is 10.9 Å². The van der Waals surface area contributed by atoms with Gasteiger partial charge in [-0.2, -0.15) is 0 Å². The molecule has 0 amide bonds. The lowest BCUT2D eigenvalue weighted by atomic mass is 9.76. The van der Waals surface area contributed by atoms with E-state index in [-0.39, 0.29) is 18.2 Å². The summed E-state index contributed by atoms with van der Waals surface area (Å²) in [7, 11) is -2.93. The highest BCUT2D eigenvalue weighted by atomic mass is 32.2. The van der Waals surface area contributed by atoms with E-state index in [1.165, 1.54) is 0 Å². The smallest absolute Gasteiger partial charge is 0.203 e. The zero-order valence-electron chi connectivity index (χ0n) is 25.7. The lowest BCUT2D eigenvalue weighted by Crippen LogP contribution is -2.43. The SMILES string of the molecule is C[S+](C)C(c1cccc(-c2c(F)c(F)c(F)c(F)c2F)c1-c1c(F)c(F)c(F)c(F)c1F)(c1c(F)c(F)c(F)c(F)c1F)c1c(F)c(F)c(F)c(F)c1F. The molecule has 0 spiro atoms. The zero-order chi connectivity index (χ0) is 40.8. The van der Waals surface area contributed by atoms with Crippen molar-refractivity contribution in [3.63, 3.8) is 0 Å².